The lowest BCUT2D eigenvalue weighted by atomic mass is 9.94. The van der Waals surface area contributed by atoms with E-state index in [4.69, 9.17) is 27.6 Å². The van der Waals surface area contributed by atoms with Crippen LogP contribution in [0, 0.1) is 0 Å². The Bertz CT molecular complexity index is 937. The Morgan fingerprint density at radius 3 is 2.00 bits per heavy atom. The molecule has 0 bridgehead atoms. The lowest BCUT2D eigenvalue weighted by Crippen LogP contribution is -2.47. The van der Waals surface area contributed by atoms with Crippen LogP contribution in [0.5, 0.6) is 0 Å². The first-order valence-electron chi connectivity index (χ1n) is 12.7. The Morgan fingerprint density at radius 2 is 1.51 bits per heavy atom. The van der Waals surface area contributed by atoms with Crippen molar-refractivity contribution in [3.05, 3.63) is 69.7 Å². The second-order valence-corrected chi connectivity index (χ2v) is 19.8. The summed E-state index contributed by atoms with van der Waals surface area (Å²) in [4.78, 5) is 0. The van der Waals surface area contributed by atoms with Crippen LogP contribution in [-0.2, 0) is 4.43 Å². The second kappa shape index (κ2) is 12.4. The van der Waals surface area contributed by atoms with Crippen LogP contribution in [0.2, 0.25) is 28.2 Å². The summed E-state index contributed by atoms with van der Waals surface area (Å²) < 4.78 is 7.38. The van der Waals surface area contributed by atoms with Gasteiger partial charge in [0.1, 0.15) is 0 Å². The first-order chi connectivity index (χ1) is 16.0. The van der Waals surface area contributed by atoms with Crippen molar-refractivity contribution in [2.75, 3.05) is 0 Å². The fraction of sp³-hybridized carbons (Fsp3) is 0.586. The monoisotopic (exact) mass is 553 g/mol. The maximum atomic E-state index is 7.19. The summed E-state index contributed by atoms with van der Waals surface area (Å²) >= 11 is 14.8. The Balaban J connectivity index is 2.61. The van der Waals surface area contributed by atoms with Crippen LogP contribution in [0.4, 0.5) is 0 Å². The first kappa shape index (κ1) is 30.7. The quantitative estimate of drug-likeness (QED) is 0.295. The predicted octanol–water partition coefficient (Wildman–Crippen LogP) is 10.1. The molecular weight excluding hydrogens is 509 g/mol. The summed E-state index contributed by atoms with van der Waals surface area (Å²) in [6.07, 6.45) is 0.841. The molecular formula is C29H45Cl2NOSSi. The summed E-state index contributed by atoms with van der Waals surface area (Å²) in [7, 11) is -2.12. The molecule has 2 aromatic rings. The van der Waals surface area contributed by atoms with Crippen LogP contribution in [-0.4, -0.2) is 24.4 Å². The molecule has 0 saturated carbocycles. The third kappa shape index (κ3) is 9.09. The number of hydrogen-bond donors (Lipinski definition) is 1. The van der Waals surface area contributed by atoms with Gasteiger partial charge >= 0.3 is 0 Å². The molecule has 0 aliphatic carbocycles. The molecule has 0 unspecified atom stereocenters. The van der Waals surface area contributed by atoms with Crippen molar-refractivity contribution in [2.24, 2.45) is 0 Å². The van der Waals surface area contributed by atoms with Gasteiger partial charge in [0.25, 0.3) is 0 Å². The lowest BCUT2D eigenvalue weighted by molar-refractivity contribution is 0.129. The van der Waals surface area contributed by atoms with Gasteiger partial charge in [-0.25, -0.2) is 0 Å². The van der Waals surface area contributed by atoms with Crippen molar-refractivity contribution in [1.29, 1.82) is 0 Å². The highest BCUT2D eigenvalue weighted by Crippen LogP contribution is 2.44. The Kier molecular flexibility index (Phi) is 10.9. The third-order valence-electron chi connectivity index (χ3n) is 6.88. The molecule has 0 aliphatic heterocycles. The highest BCUT2D eigenvalue weighted by molar-refractivity contribution is 8.01. The molecule has 4 atom stereocenters. The van der Waals surface area contributed by atoms with Crippen LogP contribution in [0.3, 0.4) is 0 Å². The fourth-order valence-electron chi connectivity index (χ4n) is 3.99. The molecule has 2 aromatic carbocycles. The minimum atomic E-state index is -2.12. The maximum Gasteiger partial charge on any atom is 0.193 e. The standard InChI is InChI=1S/C29H45Cl2NOSSi/c1-11-25(20(2)34-28(3,4)5)32-26(21-15-17-23(30)18-16-21)27(22-13-12-14-24(31)19-22)33-35(9,10)29(6,7)8/h12-20,25-27,32H,11H2,1-10H3/t20-,25-,26-,27+/m1/s1. The molecule has 0 radical (unpaired) electrons. The van der Waals surface area contributed by atoms with E-state index in [1.165, 1.54) is 5.56 Å². The van der Waals surface area contributed by atoms with E-state index in [9.17, 15) is 0 Å². The molecule has 2 nitrogen and oxygen atoms in total. The highest BCUT2D eigenvalue weighted by Gasteiger charge is 2.42. The van der Waals surface area contributed by atoms with Crippen LogP contribution in [0.15, 0.2) is 48.5 Å². The highest BCUT2D eigenvalue weighted by atomic mass is 35.5. The number of thioether (sulfide) groups is 1. The van der Waals surface area contributed by atoms with E-state index in [1.807, 2.05) is 36.0 Å². The smallest absolute Gasteiger partial charge is 0.193 e. The Hall–Kier alpha value is -0.493. The summed E-state index contributed by atoms with van der Waals surface area (Å²) in [5, 5.41) is 6.02. The molecule has 0 spiro atoms. The predicted molar refractivity (Wildman–Crippen MR) is 161 cm³/mol. The molecule has 0 aliphatic rings. The van der Waals surface area contributed by atoms with E-state index >= 15 is 0 Å². The van der Waals surface area contributed by atoms with Gasteiger partial charge < -0.3 is 9.74 Å². The van der Waals surface area contributed by atoms with E-state index in [0.29, 0.717) is 11.3 Å². The van der Waals surface area contributed by atoms with E-state index in [1.54, 1.807) is 0 Å². The van der Waals surface area contributed by atoms with Gasteiger partial charge in [-0.2, -0.15) is 11.8 Å². The van der Waals surface area contributed by atoms with Crippen molar-refractivity contribution in [1.82, 2.24) is 5.32 Å². The number of halogens is 2. The molecule has 0 saturated heterocycles. The van der Waals surface area contributed by atoms with Gasteiger partial charge in [-0.15, -0.1) is 0 Å². The van der Waals surface area contributed by atoms with Gasteiger partial charge in [-0.3, -0.25) is 0 Å². The largest absolute Gasteiger partial charge is 0.408 e. The first-order valence-corrected chi connectivity index (χ1v) is 17.2. The number of hydrogen-bond acceptors (Lipinski definition) is 3. The van der Waals surface area contributed by atoms with Crippen molar-refractivity contribution in [3.8, 4) is 0 Å². The zero-order chi connectivity index (χ0) is 26.6. The molecule has 0 amide bonds. The van der Waals surface area contributed by atoms with Crippen LogP contribution >= 0.6 is 35.0 Å². The number of benzene rings is 2. The minimum Gasteiger partial charge on any atom is -0.408 e. The van der Waals surface area contributed by atoms with E-state index in [2.05, 4.69) is 98.1 Å². The van der Waals surface area contributed by atoms with E-state index < -0.39 is 8.32 Å². The minimum absolute atomic E-state index is 0.0483. The topological polar surface area (TPSA) is 21.3 Å². The van der Waals surface area contributed by atoms with Crippen LogP contribution in [0.1, 0.15) is 85.1 Å². The molecule has 0 fully saturated rings. The number of nitrogens with one attached hydrogen (secondary N) is 1. The van der Waals surface area contributed by atoms with Crippen LogP contribution in [0.25, 0.3) is 0 Å². The van der Waals surface area contributed by atoms with Crippen LogP contribution < -0.4 is 5.32 Å². The van der Waals surface area contributed by atoms with Crippen molar-refractivity contribution < 1.29 is 4.43 Å². The van der Waals surface area contributed by atoms with Gasteiger partial charge in [0, 0.05) is 26.1 Å². The second-order valence-electron chi connectivity index (χ2n) is 12.0. The SMILES string of the molecule is CC[C@@H](N[C@H](c1ccc(Cl)cc1)[C@@H](O[Si](C)(C)C(C)(C)C)c1cccc(Cl)c1)[C@@H](C)SC(C)(C)C. The molecule has 0 aromatic heterocycles. The maximum absolute atomic E-state index is 7.19. The lowest BCUT2D eigenvalue weighted by Gasteiger charge is -2.43. The number of rotatable bonds is 10. The Morgan fingerprint density at radius 1 is 0.914 bits per heavy atom. The summed E-state index contributed by atoms with van der Waals surface area (Å²) in [6.45, 7) is 22.9. The molecule has 196 valence electrons. The van der Waals surface area contributed by atoms with Crippen molar-refractivity contribution in [3.63, 3.8) is 0 Å². The normalized spacial score (nSPS) is 16.6. The molecule has 1 N–H and O–H groups in total. The van der Waals surface area contributed by atoms with Gasteiger partial charge in [-0.05, 0) is 59.9 Å². The molecule has 6 heteroatoms. The summed E-state index contributed by atoms with van der Waals surface area (Å²) in [5.74, 6) is 0. The van der Waals surface area contributed by atoms with Gasteiger partial charge in [-0.1, -0.05) is 103 Å². The van der Waals surface area contributed by atoms with E-state index in [0.717, 1.165) is 22.0 Å². The van der Waals surface area contributed by atoms with Crippen molar-refractivity contribution >= 4 is 43.3 Å². The third-order valence-corrected chi connectivity index (χ3v) is 13.2. The summed E-state index contributed by atoms with van der Waals surface area (Å²) in [6, 6.07) is 16.6. The van der Waals surface area contributed by atoms with Gasteiger partial charge in [0.15, 0.2) is 8.32 Å². The molecule has 2 rings (SSSR count). The zero-order valence-electron chi connectivity index (χ0n) is 23.2. The van der Waals surface area contributed by atoms with Gasteiger partial charge in [0.2, 0.25) is 0 Å². The van der Waals surface area contributed by atoms with E-state index in [-0.39, 0.29) is 21.9 Å². The average Bonchev–Trinajstić information content (AvgIpc) is 2.72. The van der Waals surface area contributed by atoms with Crippen molar-refractivity contribution in [2.45, 2.75) is 108 Å². The fourth-order valence-corrected chi connectivity index (χ4v) is 7.13. The molecule has 35 heavy (non-hydrogen) atoms. The summed E-state index contributed by atoms with van der Waals surface area (Å²) in [5.41, 5.74) is 2.27. The van der Waals surface area contributed by atoms with Gasteiger partial charge in [0.05, 0.1) is 12.1 Å². The molecule has 0 heterocycles. The average molecular weight is 555 g/mol. The Labute approximate surface area is 230 Å². The zero-order valence-corrected chi connectivity index (χ0v) is 26.5.